The lowest BCUT2D eigenvalue weighted by atomic mass is 10.1. The smallest absolute Gasteiger partial charge is 0.342 e. The van der Waals surface area contributed by atoms with Gasteiger partial charge >= 0.3 is 5.97 Å². The van der Waals surface area contributed by atoms with E-state index in [-0.39, 0.29) is 12.2 Å². The molecule has 0 radical (unpaired) electrons. The van der Waals surface area contributed by atoms with Crippen molar-refractivity contribution in [3.8, 4) is 5.75 Å². The summed E-state index contributed by atoms with van der Waals surface area (Å²) < 4.78 is 13.1. The number of hydrogen-bond acceptors (Lipinski definition) is 5. The summed E-state index contributed by atoms with van der Waals surface area (Å²) in [5.41, 5.74) is -0.871. The van der Waals surface area contributed by atoms with Gasteiger partial charge in [0.1, 0.15) is 11.4 Å². The van der Waals surface area contributed by atoms with E-state index in [2.05, 4.69) is 5.32 Å². The van der Waals surface area contributed by atoms with Gasteiger partial charge in [-0.25, -0.2) is 9.18 Å². The first kappa shape index (κ1) is 13.2. The molecule has 1 aromatic carbocycles. The Morgan fingerprint density at radius 1 is 1.47 bits per heavy atom. The minimum atomic E-state index is -1.59. The third kappa shape index (κ3) is 3.05. The Labute approximate surface area is 95.9 Å². The number of aromatic hydroxyl groups is 1. The quantitative estimate of drug-likeness (QED) is 0.467. The van der Waals surface area contributed by atoms with Gasteiger partial charge in [0.15, 0.2) is 5.75 Å². The zero-order chi connectivity index (χ0) is 13.0. The van der Waals surface area contributed by atoms with Crippen molar-refractivity contribution in [1.29, 1.82) is 0 Å². The molecule has 0 fully saturated rings. The van der Waals surface area contributed by atoms with Crippen LogP contribution in [0.4, 0.5) is 10.1 Å². The first-order chi connectivity index (χ1) is 7.97. The number of carboxylic acids is 1. The molecule has 0 aliphatic carbocycles. The molecule has 1 rings (SSSR count). The number of rotatable bonds is 5. The number of anilines is 1. The number of aliphatic hydroxyl groups is 2. The van der Waals surface area contributed by atoms with Crippen LogP contribution in [-0.2, 0) is 0 Å². The van der Waals surface area contributed by atoms with Crippen molar-refractivity contribution < 1.29 is 29.6 Å². The highest BCUT2D eigenvalue weighted by atomic mass is 19.1. The fraction of sp³-hybridized carbons (Fsp3) is 0.300. The first-order valence-electron chi connectivity index (χ1n) is 4.75. The van der Waals surface area contributed by atoms with Gasteiger partial charge in [0.25, 0.3) is 0 Å². The number of halogens is 1. The standard InChI is InChI=1S/C10H12FNO5/c11-6-1-2-7(12-3-5(14)4-13)9(15)8(6)10(16)17/h1-2,5,12-15H,3-4H2,(H,16,17). The Morgan fingerprint density at radius 2 is 2.12 bits per heavy atom. The lowest BCUT2D eigenvalue weighted by molar-refractivity contribution is 0.0688. The molecule has 6 nitrogen and oxygen atoms in total. The number of carbonyl (C=O) groups is 1. The summed E-state index contributed by atoms with van der Waals surface area (Å²) >= 11 is 0. The molecule has 5 N–H and O–H groups in total. The topological polar surface area (TPSA) is 110 Å². The molecule has 7 heteroatoms. The molecule has 0 aliphatic heterocycles. The molecule has 94 valence electrons. The second-order valence-corrected chi connectivity index (χ2v) is 3.34. The van der Waals surface area contributed by atoms with Crippen molar-refractivity contribution in [2.24, 2.45) is 0 Å². The van der Waals surface area contributed by atoms with E-state index in [0.717, 1.165) is 12.1 Å². The molecule has 0 aliphatic rings. The van der Waals surface area contributed by atoms with Crippen LogP contribution >= 0.6 is 0 Å². The molecule has 0 aromatic heterocycles. The van der Waals surface area contributed by atoms with Gasteiger partial charge in [-0.2, -0.15) is 0 Å². The zero-order valence-corrected chi connectivity index (χ0v) is 8.72. The number of aromatic carboxylic acids is 1. The first-order valence-corrected chi connectivity index (χ1v) is 4.75. The van der Waals surface area contributed by atoms with E-state index in [9.17, 15) is 14.3 Å². The lowest BCUT2D eigenvalue weighted by Crippen LogP contribution is -2.23. The van der Waals surface area contributed by atoms with Gasteiger partial charge in [-0.15, -0.1) is 0 Å². The van der Waals surface area contributed by atoms with Crippen LogP contribution in [0.2, 0.25) is 0 Å². The van der Waals surface area contributed by atoms with Crippen molar-refractivity contribution in [2.75, 3.05) is 18.5 Å². The Morgan fingerprint density at radius 3 is 2.65 bits per heavy atom. The largest absolute Gasteiger partial charge is 0.505 e. The molecule has 0 spiro atoms. The van der Waals surface area contributed by atoms with E-state index < -0.39 is 35.8 Å². The minimum Gasteiger partial charge on any atom is -0.505 e. The average molecular weight is 245 g/mol. The van der Waals surface area contributed by atoms with E-state index in [0.29, 0.717) is 0 Å². The van der Waals surface area contributed by atoms with Gasteiger partial charge in [0, 0.05) is 6.54 Å². The highest BCUT2D eigenvalue weighted by Gasteiger charge is 2.19. The summed E-state index contributed by atoms with van der Waals surface area (Å²) in [4.78, 5) is 10.7. The second-order valence-electron chi connectivity index (χ2n) is 3.34. The maximum Gasteiger partial charge on any atom is 0.342 e. The molecule has 0 saturated carbocycles. The van der Waals surface area contributed by atoms with Crippen LogP contribution in [0.3, 0.4) is 0 Å². The van der Waals surface area contributed by atoms with Gasteiger partial charge in [-0.3, -0.25) is 0 Å². The maximum absolute atomic E-state index is 13.1. The van der Waals surface area contributed by atoms with Crippen LogP contribution < -0.4 is 5.32 Å². The van der Waals surface area contributed by atoms with Crippen LogP contribution in [-0.4, -0.2) is 45.7 Å². The SMILES string of the molecule is O=C(O)c1c(F)ccc(NCC(O)CO)c1O. The highest BCUT2D eigenvalue weighted by Crippen LogP contribution is 2.29. The summed E-state index contributed by atoms with van der Waals surface area (Å²) in [6, 6.07) is 2.03. The van der Waals surface area contributed by atoms with Gasteiger partial charge in [0.2, 0.25) is 0 Å². The Balaban J connectivity index is 2.95. The van der Waals surface area contributed by atoms with Gasteiger partial charge in [-0.05, 0) is 12.1 Å². The minimum absolute atomic E-state index is 0.0312. The predicted molar refractivity (Wildman–Crippen MR) is 56.6 cm³/mol. The van der Waals surface area contributed by atoms with E-state index in [1.54, 1.807) is 0 Å². The molecule has 17 heavy (non-hydrogen) atoms. The van der Waals surface area contributed by atoms with Crippen molar-refractivity contribution in [3.63, 3.8) is 0 Å². The Hall–Kier alpha value is -1.86. The van der Waals surface area contributed by atoms with Crippen LogP contribution in [0.25, 0.3) is 0 Å². The van der Waals surface area contributed by atoms with E-state index in [4.69, 9.17) is 15.3 Å². The third-order valence-electron chi connectivity index (χ3n) is 2.08. The van der Waals surface area contributed by atoms with Crippen molar-refractivity contribution in [2.45, 2.75) is 6.10 Å². The van der Waals surface area contributed by atoms with E-state index >= 15 is 0 Å². The lowest BCUT2D eigenvalue weighted by Gasteiger charge is -2.12. The van der Waals surface area contributed by atoms with Gasteiger partial charge in [-0.1, -0.05) is 0 Å². The van der Waals surface area contributed by atoms with Crippen LogP contribution in [0.15, 0.2) is 12.1 Å². The van der Waals surface area contributed by atoms with Gasteiger partial charge in [0.05, 0.1) is 18.4 Å². The van der Waals surface area contributed by atoms with E-state index in [1.807, 2.05) is 0 Å². The second kappa shape index (κ2) is 5.46. The number of nitrogens with one attached hydrogen (secondary N) is 1. The number of benzene rings is 1. The Kier molecular flexibility index (Phi) is 4.24. The van der Waals surface area contributed by atoms with Crippen molar-refractivity contribution in [3.05, 3.63) is 23.5 Å². The van der Waals surface area contributed by atoms with E-state index in [1.165, 1.54) is 0 Å². The Bertz CT molecular complexity index is 423. The molecule has 0 bridgehead atoms. The molecule has 1 unspecified atom stereocenters. The molecule has 1 atom stereocenters. The number of hydrogen-bond donors (Lipinski definition) is 5. The summed E-state index contributed by atoms with van der Waals surface area (Å²) in [5, 5.41) is 38.3. The molecular formula is C10H12FNO5. The third-order valence-corrected chi connectivity index (χ3v) is 2.08. The average Bonchev–Trinajstić information content (AvgIpc) is 2.27. The summed E-state index contributed by atoms with van der Waals surface area (Å²) in [7, 11) is 0. The zero-order valence-electron chi connectivity index (χ0n) is 8.72. The normalized spacial score (nSPS) is 12.2. The molecular weight excluding hydrogens is 233 g/mol. The summed E-state index contributed by atoms with van der Waals surface area (Å²) in [6.45, 7) is -0.588. The number of phenols is 1. The van der Waals surface area contributed by atoms with Gasteiger partial charge < -0.3 is 25.7 Å². The monoisotopic (exact) mass is 245 g/mol. The summed E-state index contributed by atoms with van der Waals surface area (Å²) in [6.07, 6.45) is -1.06. The highest BCUT2D eigenvalue weighted by molar-refractivity contribution is 5.93. The number of aliphatic hydroxyl groups excluding tert-OH is 2. The molecule has 1 aromatic rings. The summed E-state index contributed by atoms with van der Waals surface area (Å²) in [5.74, 6) is -3.39. The van der Waals surface area contributed by atoms with Crippen LogP contribution in [0, 0.1) is 5.82 Å². The fourth-order valence-corrected chi connectivity index (χ4v) is 1.20. The molecule has 0 saturated heterocycles. The van der Waals surface area contributed by atoms with Crippen molar-refractivity contribution in [1.82, 2.24) is 0 Å². The van der Waals surface area contributed by atoms with Crippen molar-refractivity contribution >= 4 is 11.7 Å². The van der Waals surface area contributed by atoms with Crippen LogP contribution in [0.1, 0.15) is 10.4 Å². The molecule has 0 heterocycles. The maximum atomic E-state index is 13.1. The number of carboxylic acid groups (broad SMARTS) is 1. The predicted octanol–water partition coefficient (Wildman–Crippen LogP) is -0.00540. The molecule has 0 amide bonds. The fourth-order valence-electron chi connectivity index (χ4n) is 1.20. The van der Waals surface area contributed by atoms with Crippen LogP contribution in [0.5, 0.6) is 5.75 Å².